The smallest absolute Gasteiger partial charge is 0.0640 e. The Labute approximate surface area is 294 Å². The molecule has 0 spiro atoms. The normalized spacial score (nSPS) is 11.6. The largest absolute Gasteiger partial charge is 0.308 e. The topological polar surface area (TPSA) is 3.24 Å². The van der Waals surface area contributed by atoms with Crippen molar-refractivity contribution in [2.75, 3.05) is 4.90 Å². The molecule has 10 rings (SSSR count). The zero-order chi connectivity index (χ0) is 33.0. The summed E-state index contributed by atoms with van der Waals surface area (Å²) in [5.74, 6) is 0. The van der Waals surface area contributed by atoms with Gasteiger partial charge in [-0.15, -0.1) is 11.3 Å². The first kappa shape index (κ1) is 28.8. The molecule has 234 valence electrons. The molecular formula is C48H31NS. The number of nitrogens with zero attached hydrogens (tertiary/aromatic N) is 1. The lowest BCUT2D eigenvalue weighted by molar-refractivity contribution is 1.32. The molecule has 0 aliphatic rings. The van der Waals surface area contributed by atoms with Crippen LogP contribution in [0.25, 0.3) is 74.7 Å². The highest BCUT2D eigenvalue weighted by Crippen LogP contribution is 2.48. The molecule has 10 aromatic rings. The molecule has 0 fully saturated rings. The summed E-state index contributed by atoms with van der Waals surface area (Å²) in [7, 11) is 0. The van der Waals surface area contributed by atoms with Gasteiger partial charge in [-0.3, -0.25) is 0 Å². The average molecular weight is 654 g/mol. The molecule has 0 aliphatic heterocycles. The van der Waals surface area contributed by atoms with Crippen LogP contribution in [-0.2, 0) is 0 Å². The summed E-state index contributed by atoms with van der Waals surface area (Å²) >= 11 is 1.89. The molecule has 0 saturated carbocycles. The second-order valence-corrected chi connectivity index (χ2v) is 13.9. The van der Waals surface area contributed by atoms with Gasteiger partial charge in [-0.25, -0.2) is 0 Å². The lowest BCUT2D eigenvalue weighted by atomic mass is 9.91. The Morgan fingerprint density at radius 1 is 0.340 bits per heavy atom. The van der Waals surface area contributed by atoms with E-state index in [-0.39, 0.29) is 0 Å². The van der Waals surface area contributed by atoms with Gasteiger partial charge in [-0.2, -0.15) is 0 Å². The highest BCUT2D eigenvalue weighted by molar-refractivity contribution is 7.26. The Morgan fingerprint density at radius 2 is 0.900 bits per heavy atom. The summed E-state index contributed by atoms with van der Waals surface area (Å²) in [5, 5.41) is 10.2. The number of thiophene rings is 1. The van der Waals surface area contributed by atoms with E-state index in [0.29, 0.717) is 0 Å². The highest BCUT2D eigenvalue weighted by atomic mass is 32.1. The fraction of sp³-hybridized carbons (Fsp3) is 0. The average Bonchev–Trinajstić information content (AvgIpc) is 3.58. The van der Waals surface area contributed by atoms with Crippen molar-refractivity contribution in [3.8, 4) is 22.3 Å². The molecule has 0 amide bonds. The van der Waals surface area contributed by atoms with Crippen LogP contribution in [0.1, 0.15) is 0 Å². The van der Waals surface area contributed by atoms with E-state index in [0.717, 1.165) is 5.69 Å². The van der Waals surface area contributed by atoms with E-state index < -0.39 is 0 Å². The van der Waals surface area contributed by atoms with Gasteiger partial charge in [0, 0.05) is 26.5 Å². The van der Waals surface area contributed by atoms with Crippen molar-refractivity contribution in [3.63, 3.8) is 0 Å². The van der Waals surface area contributed by atoms with Crippen LogP contribution in [0.15, 0.2) is 188 Å². The maximum Gasteiger partial charge on any atom is 0.0640 e. The lowest BCUT2D eigenvalue weighted by Gasteiger charge is -2.27. The third-order valence-corrected chi connectivity index (χ3v) is 11.2. The summed E-state index contributed by atoms with van der Waals surface area (Å²) in [6, 6.07) is 68.6. The molecule has 0 N–H and O–H groups in total. The van der Waals surface area contributed by atoms with E-state index in [2.05, 4.69) is 193 Å². The van der Waals surface area contributed by atoms with Crippen LogP contribution in [-0.4, -0.2) is 0 Å². The third-order valence-electron chi connectivity index (χ3n) is 10.0. The van der Waals surface area contributed by atoms with Gasteiger partial charge in [0.1, 0.15) is 0 Å². The number of fused-ring (bicyclic) bond motifs is 7. The van der Waals surface area contributed by atoms with Crippen molar-refractivity contribution >= 4 is 80.9 Å². The lowest BCUT2D eigenvalue weighted by Crippen LogP contribution is -2.10. The molecule has 0 saturated heterocycles. The molecule has 9 aromatic carbocycles. The minimum atomic E-state index is 1.13. The van der Waals surface area contributed by atoms with Crippen LogP contribution in [0.5, 0.6) is 0 Å². The first-order valence-electron chi connectivity index (χ1n) is 17.1. The third kappa shape index (κ3) is 4.61. The fourth-order valence-corrected chi connectivity index (χ4v) is 8.99. The van der Waals surface area contributed by atoms with Gasteiger partial charge < -0.3 is 4.90 Å². The quantitative estimate of drug-likeness (QED) is 0.179. The molecule has 0 bridgehead atoms. The summed E-state index contributed by atoms with van der Waals surface area (Å²) in [5.41, 5.74) is 8.41. The Bertz CT molecular complexity index is 2860. The van der Waals surface area contributed by atoms with Crippen LogP contribution >= 0.6 is 11.3 Å². The van der Waals surface area contributed by atoms with Gasteiger partial charge >= 0.3 is 0 Å². The minimum absolute atomic E-state index is 1.13. The molecule has 2 heteroatoms. The summed E-state index contributed by atoms with van der Waals surface area (Å²) in [4.78, 5) is 2.46. The maximum absolute atomic E-state index is 2.46. The van der Waals surface area contributed by atoms with Crippen molar-refractivity contribution in [1.29, 1.82) is 0 Å². The monoisotopic (exact) mass is 653 g/mol. The number of benzene rings is 9. The standard InChI is InChI=1S/C48H31NS/c1-2-12-33(13-3-1)39-21-8-17-36-18-9-22-40(46(36)39)35-26-29-37(30-27-35)49(43-24-10-16-32-14-4-6-19-38(32)43)44-25-11-23-42-47-41-20-7-5-15-34(41)28-31-45(47)50-48(42)44/h1-31H. The Balaban J connectivity index is 1.19. The first-order valence-corrected chi connectivity index (χ1v) is 17.9. The molecule has 1 aromatic heterocycles. The second-order valence-electron chi connectivity index (χ2n) is 12.9. The van der Waals surface area contributed by atoms with Crippen molar-refractivity contribution in [1.82, 2.24) is 0 Å². The zero-order valence-corrected chi connectivity index (χ0v) is 28.1. The highest BCUT2D eigenvalue weighted by Gasteiger charge is 2.21. The fourth-order valence-electron chi connectivity index (χ4n) is 7.77. The zero-order valence-electron chi connectivity index (χ0n) is 27.3. The van der Waals surface area contributed by atoms with E-state index in [4.69, 9.17) is 0 Å². The molecule has 0 atom stereocenters. The van der Waals surface area contributed by atoms with Gasteiger partial charge in [0.05, 0.1) is 16.1 Å². The Morgan fingerprint density at radius 3 is 1.68 bits per heavy atom. The molecule has 0 aliphatic carbocycles. The number of hydrogen-bond donors (Lipinski definition) is 0. The van der Waals surface area contributed by atoms with Crippen LogP contribution < -0.4 is 4.90 Å². The van der Waals surface area contributed by atoms with Crippen molar-refractivity contribution < 1.29 is 0 Å². The summed E-state index contributed by atoms with van der Waals surface area (Å²) in [6.45, 7) is 0. The van der Waals surface area contributed by atoms with Gasteiger partial charge in [0.15, 0.2) is 0 Å². The molecule has 0 unspecified atom stereocenters. The van der Waals surface area contributed by atoms with Crippen molar-refractivity contribution in [2.24, 2.45) is 0 Å². The molecule has 0 radical (unpaired) electrons. The Kier molecular flexibility index (Phi) is 6.75. The molecule has 1 heterocycles. The molecule has 50 heavy (non-hydrogen) atoms. The van der Waals surface area contributed by atoms with Gasteiger partial charge in [0.2, 0.25) is 0 Å². The van der Waals surface area contributed by atoms with Crippen molar-refractivity contribution in [3.05, 3.63) is 188 Å². The van der Waals surface area contributed by atoms with Gasteiger partial charge in [0.25, 0.3) is 0 Å². The van der Waals surface area contributed by atoms with E-state index in [1.54, 1.807) is 0 Å². The number of rotatable bonds is 5. The molecular weight excluding hydrogens is 623 g/mol. The van der Waals surface area contributed by atoms with E-state index in [1.165, 1.54) is 86.1 Å². The second kappa shape index (κ2) is 11.7. The van der Waals surface area contributed by atoms with Crippen LogP contribution in [0.4, 0.5) is 17.1 Å². The predicted molar refractivity (Wildman–Crippen MR) is 217 cm³/mol. The SMILES string of the molecule is c1ccc(-c2cccc3cccc(-c4ccc(N(c5cccc6ccccc56)c5cccc6c5sc5ccc7ccccc7c56)cc4)c23)cc1. The maximum atomic E-state index is 2.46. The Hall–Kier alpha value is -6.22. The number of hydrogen-bond acceptors (Lipinski definition) is 2. The summed E-state index contributed by atoms with van der Waals surface area (Å²) < 4.78 is 2.60. The van der Waals surface area contributed by atoms with Crippen LogP contribution in [0.2, 0.25) is 0 Å². The van der Waals surface area contributed by atoms with E-state index in [9.17, 15) is 0 Å². The van der Waals surface area contributed by atoms with Gasteiger partial charge in [-0.1, -0.05) is 158 Å². The minimum Gasteiger partial charge on any atom is -0.308 e. The van der Waals surface area contributed by atoms with Gasteiger partial charge in [-0.05, 0) is 79.5 Å². The number of anilines is 3. The van der Waals surface area contributed by atoms with E-state index in [1.807, 2.05) is 11.3 Å². The summed E-state index contributed by atoms with van der Waals surface area (Å²) in [6.07, 6.45) is 0. The van der Waals surface area contributed by atoms with Crippen molar-refractivity contribution in [2.45, 2.75) is 0 Å². The van der Waals surface area contributed by atoms with Crippen LogP contribution in [0.3, 0.4) is 0 Å². The predicted octanol–water partition coefficient (Wildman–Crippen LogP) is 14.3. The van der Waals surface area contributed by atoms with E-state index >= 15 is 0 Å². The first-order chi connectivity index (χ1) is 24.8. The molecule has 1 nitrogen and oxygen atoms in total. The van der Waals surface area contributed by atoms with Crippen LogP contribution in [0, 0.1) is 0 Å².